The van der Waals surface area contributed by atoms with Crippen LogP contribution in [0.1, 0.15) is 12.5 Å². The Labute approximate surface area is 202 Å². The lowest BCUT2D eigenvalue weighted by atomic mass is 10.1. The third kappa shape index (κ3) is 5.21. The lowest BCUT2D eigenvalue weighted by molar-refractivity contribution is -0.113. The molecule has 0 fully saturated rings. The Morgan fingerprint density at radius 3 is 2.55 bits per heavy atom. The van der Waals surface area contributed by atoms with Gasteiger partial charge in [-0.15, -0.1) is 10.2 Å². The second-order valence-electron chi connectivity index (χ2n) is 7.17. The van der Waals surface area contributed by atoms with Crippen LogP contribution in [0.4, 0.5) is 5.69 Å². The summed E-state index contributed by atoms with van der Waals surface area (Å²) in [6, 6.07) is 23.1. The van der Waals surface area contributed by atoms with Crippen molar-refractivity contribution in [2.75, 3.05) is 18.2 Å². The number of benzene rings is 3. The molecule has 0 unspecified atom stereocenters. The number of methoxy groups -OCH3 is 1. The van der Waals surface area contributed by atoms with E-state index in [9.17, 15) is 4.79 Å². The number of nitrogens with zero attached hydrogens (tertiary/aromatic N) is 3. The van der Waals surface area contributed by atoms with Gasteiger partial charge in [-0.1, -0.05) is 78.8 Å². The number of rotatable bonds is 8. The van der Waals surface area contributed by atoms with Crippen LogP contribution in [0, 0.1) is 0 Å². The van der Waals surface area contributed by atoms with Gasteiger partial charge in [0.25, 0.3) is 0 Å². The van der Waals surface area contributed by atoms with Crippen LogP contribution in [0.3, 0.4) is 0 Å². The monoisotopic (exact) mass is 478 g/mol. The second-order valence-corrected chi connectivity index (χ2v) is 8.52. The standard InChI is InChI=1S/C25H23ClN4O2S/c1-3-17-9-7-8-12-21(17)27-23(31)16-33-25-29-28-24(18-10-5-4-6-11-18)30(25)19-13-14-22(32-2)20(26)15-19/h4-15H,3,16H2,1-2H3,(H,27,31). The highest BCUT2D eigenvalue weighted by atomic mass is 35.5. The summed E-state index contributed by atoms with van der Waals surface area (Å²) in [5.74, 6) is 1.33. The Balaban J connectivity index is 1.62. The molecular weight excluding hydrogens is 456 g/mol. The molecule has 0 bridgehead atoms. The summed E-state index contributed by atoms with van der Waals surface area (Å²) < 4.78 is 7.19. The van der Waals surface area contributed by atoms with Crippen molar-refractivity contribution in [3.8, 4) is 22.8 Å². The molecule has 0 aliphatic rings. The summed E-state index contributed by atoms with van der Waals surface area (Å²) in [4.78, 5) is 12.7. The van der Waals surface area contributed by atoms with Crippen LogP contribution < -0.4 is 10.1 Å². The van der Waals surface area contributed by atoms with E-state index in [0.717, 1.165) is 28.9 Å². The third-order valence-electron chi connectivity index (χ3n) is 5.06. The lowest BCUT2D eigenvalue weighted by Gasteiger charge is -2.13. The van der Waals surface area contributed by atoms with E-state index in [1.165, 1.54) is 11.8 Å². The minimum absolute atomic E-state index is 0.107. The molecule has 0 atom stereocenters. The highest BCUT2D eigenvalue weighted by Gasteiger charge is 2.18. The van der Waals surface area contributed by atoms with Crippen LogP contribution in [0.5, 0.6) is 5.75 Å². The molecule has 4 aromatic rings. The molecule has 1 heterocycles. The highest BCUT2D eigenvalue weighted by Crippen LogP contribution is 2.32. The number of carbonyl (C=O) groups is 1. The number of hydrogen-bond acceptors (Lipinski definition) is 5. The number of anilines is 1. The van der Waals surface area contributed by atoms with Gasteiger partial charge in [0.15, 0.2) is 11.0 Å². The predicted octanol–water partition coefficient (Wildman–Crippen LogP) is 5.89. The lowest BCUT2D eigenvalue weighted by Crippen LogP contribution is -2.15. The minimum atomic E-state index is -0.107. The van der Waals surface area contributed by atoms with Gasteiger partial charge < -0.3 is 10.1 Å². The Hall–Kier alpha value is -3.29. The van der Waals surface area contributed by atoms with Crippen molar-refractivity contribution in [1.82, 2.24) is 14.8 Å². The maximum atomic E-state index is 12.7. The molecule has 4 rings (SSSR count). The van der Waals surface area contributed by atoms with E-state index in [1.807, 2.05) is 65.2 Å². The number of aromatic nitrogens is 3. The summed E-state index contributed by atoms with van der Waals surface area (Å²) in [5, 5.41) is 12.9. The van der Waals surface area contributed by atoms with E-state index >= 15 is 0 Å². The van der Waals surface area contributed by atoms with Crippen molar-refractivity contribution in [1.29, 1.82) is 0 Å². The highest BCUT2D eigenvalue weighted by molar-refractivity contribution is 7.99. The number of halogens is 1. The summed E-state index contributed by atoms with van der Waals surface area (Å²) in [7, 11) is 1.58. The maximum absolute atomic E-state index is 12.7. The molecule has 8 heteroatoms. The molecule has 0 spiro atoms. The van der Waals surface area contributed by atoms with Crippen molar-refractivity contribution in [3.05, 3.63) is 83.4 Å². The fourth-order valence-corrected chi connectivity index (χ4v) is 4.44. The maximum Gasteiger partial charge on any atom is 0.234 e. The predicted molar refractivity (Wildman–Crippen MR) is 134 cm³/mol. The number of thioether (sulfide) groups is 1. The topological polar surface area (TPSA) is 69.0 Å². The first-order valence-electron chi connectivity index (χ1n) is 10.5. The van der Waals surface area contributed by atoms with Gasteiger partial charge in [0, 0.05) is 11.3 Å². The van der Waals surface area contributed by atoms with Crippen molar-refractivity contribution < 1.29 is 9.53 Å². The number of para-hydroxylation sites is 1. The average Bonchev–Trinajstić information content (AvgIpc) is 3.27. The Bertz CT molecular complexity index is 1260. The first-order chi connectivity index (χ1) is 16.1. The quantitative estimate of drug-likeness (QED) is 0.320. The van der Waals surface area contributed by atoms with Crippen molar-refractivity contribution in [2.24, 2.45) is 0 Å². The second kappa shape index (κ2) is 10.6. The third-order valence-corrected chi connectivity index (χ3v) is 6.29. The van der Waals surface area contributed by atoms with Crippen molar-refractivity contribution in [2.45, 2.75) is 18.5 Å². The summed E-state index contributed by atoms with van der Waals surface area (Å²) in [5.41, 5.74) is 3.62. The number of nitrogens with one attached hydrogen (secondary N) is 1. The first kappa shape index (κ1) is 22.9. The molecule has 168 valence electrons. The zero-order valence-electron chi connectivity index (χ0n) is 18.3. The molecular formula is C25H23ClN4O2S. The average molecular weight is 479 g/mol. The SMILES string of the molecule is CCc1ccccc1NC(=O)CSc1nnc(-c2ccccc2)n1-c1ccc(OC)c(Cl)c1. The van der Waals surface area contributed by atoms with Gasteiger partial charge in [0.2, 0.25) is 5.91 Å². The van der Waals surface area contributed by atoms with Gasteiger partial charge in [-0.2, -0.15) is 0 Å². The molecule has 33 heavy (non-hydrogen) atoms. The molecule has 0 saturated carbocycles. The molecule has 1 N–H and O–H groups in total. The number of hydrogen-bond donors (Lipinski definition) is 1. The fraction of sp³-hybridized carbons (Fsp3) is 0.160. The molecule has 0 radical (unpaired) electrons. The van der Waals surface area contributed by atoms with Gasteiger partial charge in [-0.25, -0.2) is 0 Å². The largest absolute Gasteiger partial charge is 0.495 e. The normalized spacial score (nSPS) is 10.8. The molecule has 0 saturated heterocycles. The molecule has 1 amide bonds. The zero-order chi connectivity index (χ0) is 23.2. The van der Waals surface area contributed by atoms with Gasteiger partial charge in [-0.05, 0) is 36.2 Å². The molecule has 1 aromatic heterocycles. The Morgan fingerprint density at radius 2 is 1.82 bits per heavy atom. The smallest absolute Gasteiger partial charge is 0.234 e. The Kier molecular flexibility index (Phi) is 7.32. The zero-order valence-corrected chi connectivity index (χ0v) is 19.9. The summed E-state index contributed by atoms with van der Waals surface area (Å²) in [6.07, 6.45) is 0.844. The Morgan fingerprint density at radius 1 is 1.06 bits per heavy atom. The van der Waals surface area contributed by atoms with Crippen LogP contribution in [-0.2, 0) is 11.2 Å². The first-order valence-corrected chi connectivity index (χ1v) is 11.8. The number of amides is 1. The van der Waals surface area contributed by atoms with Gasteiger partial charge >= 0.3 is 0 Å². The molecule has 0 aliphatic heterocycles. The summed E-state index contributed by atoms with van der Waals surface area (Å²) in [6.45, 7) is 2.06. The van der Waals surface area contributed by atoms with E-state index in [2.05, 4.69) is 22.4 Å². The summed E-state index contributed by atoms with van der Waals surface area (Å²) >= 11 is 7.71. The van der Waals surface area contributed by atoms with Crippen LogP contribution >= 0.6 is 23.4 Å². The number of carbonyl (C=O) groups excluding carboxylic acids is 1. The van der Waals surface area contributed by atoms with Crippen LogP contribution in [0.2, 0.25) is 5.02 Å². The van der Waals surface area contributed by atoms with E-state index < -0.39 is 0 Å². The molecule has 6 nitrogen and oxygen atoms in total. The van der Waals surface area contributed by atoms with Gasteiger partial charge in [-0.3, -0.25) is 9.36 Å². The van der Waals surface area contributed by atoms with Crippen LogP contribution in [0.25, 0.3) is 17.1 Å². The van der Waals surface area contributed by atoms with Crippen LogP contribution in [0.15, 0.2) is 78.0 Å². The minimum Gasteiger partial charge on any atom is -0.495 e. The van der Waals surface area contributed by atoms with Gasteiger partial charge in [0.1, 0.15) is 5.75 Å². The fourth-order valence-electron chi connectivity index (χ4n) is 3.43. The van der Waals surface area contributed by atoms with Crippen LogP contribution in [-0.4, -0.2) is 33.5 Å². The van der Waals surface area contributed by atoms with Crippen molar-refractivity contribution >= 4 is 35.0 Å². The van der Waals surface area contributed by atoms with Gasteiger partial charge in [0.05, 0.1) is 23.6 Å². The van der Waals surface area contributed by atoms with E-state index in [4.69, 9.17) is 16.3 Å². The van der Waals surface area contributed by atoms with Crippen molar-refractivity contribution in [3.63, 3.8) is 0 Å². The van der Waals surface area contributed by atoms with E-state index in [0.29, 0.717) is 21.8 Å². The number of aryl methyl sites for hydroxylation is 1. The molecule has 3 aromatic carbocycles. The molecule has 0 aliphatic carbocycles. The van der Waals surface area contributed by atoms with E-state index in [1.54, 1.807) is 19.2 Å². The number of ether oxygens (including phenoxy) is 1. The van der Waals surface area contributed by atoms with E-state index in [-0.39, 0.29) is 11.7 Å².